The van der Waals surface area contributed by atoms with Crippen molar-refractivity contribution in [2.45, 2.75) is 6.04 Å². The van der Waals surface area contributed by atoms with Gasteiger partial charge in [-0.2, -0.15) is 11.3 Å². The number of Topliss-reactive ketones (excluding diaryl/α,β-unsaturated/α-hetero) is 1. The predicted octanol–water partition coefficient (Wildman–Crippen LogP) is 5.45. The monoisotopic (exact) mass is 468 g/mol. The SMILES string of the molecule is COc1ccccc1C1/C(=C(/O)c2cccnc2)C(=O)C(=O)N1c1ccc(-c2ccsc2)cc1. The number of ether oxygens (including phenoxy) is 1. The number of hydrogen-bond acceptors (Lipinski definition) is 6. The molecule has 7 heteroatoms. The first-order valence-electron chi connectivity index (χ1n) is 10.6. The molecule has 5 rings (SSSR count). The number of thiophene rings is 1. The molecule has 2 aromatic carbocycles. The van der Waals surface area contributed by atoms with Crippen molar-refractivity contribution in [3.63, 3.8) is 0 Å². The molecule has 0 aliphatic carbocycles. The Morgan fingerprint density at radius 2 is 1.79 bits per heavy atom. The maximum absolute atomic E-state index is 13.3. The topological polar surface area (TPSA) is 79.7 Å². The average molecular weight is 469 g/mol. The molecule has 1 aliphatic heterocycles. The highest BCUT2D eigenvalue weighted by molar-refractivity contribution is 7.08. The summed E-state index contributed by atoms with van der Waals surface area (Å²) in [5.41, 5.74) is 3.57. The highest BCUT2D eigenvalue weighted by Crippen LogP contribution is 2.45. The number of nitrogens with zero attached hydrogens (tertiary/aromatic N) is 2. The van der Waals surface area contributed by atoms with E-state index in [1.165, 1.54) is 18.2 Å². The maximum atomic E-state index is 13.3. The zero-order chi connectivity index (χ0) is 23.7. The van der Waals surface area contributed by atoms with Crippen LogP contribution in [-0.2, 0) is 9.59 Å². The van der Waals surface area contributed by atoms with Crippen LogP contribution in [0.3, 0.4) is 0 Å². The number of aromatic nitrogens is 1. The van der Waals surface area contributed by atoms with Gasteiger partial charge in [0.05, 0.1) is 18.7 Å². The Morgan fingerprint density at radius 3 is 2.47 bits per heavy atom. The van der Waals surface area contributed by atoms with E-state index in [1.54, 1.807) is 41.8 Å². The molecule has 1 amide bonds. The van der Waals surface area contributed by atoms with Crippen LogP contribution in [0.4, 0.5) is 5.69 Å². The molecule has 2 aromatic heterocycles. The molecule has 1 fully saturated rings. The van der Waals surface area contributed by atoms with Gasteiger partial charge in [0.2, 0.25) is 0 Å². The van der Waals surface area contributed by atoms with Crippen LogP contribution in [0.5, 0.6) is 5.75 Å². The van der Waals surface area contributed by atoms with Gasteiger partial charge in [-0.15, -0.1) is 0 Å². The van der Waals surface area contributed by atoms with Gasteiger partial charge in [0.1, 0.15) is 11.5 Å². The normalized spacial score (nSPS) is 17.2. The number of ketones is 1. The lowest BCUT2D eigenvalue weighted by Gasteiger charge is -2.26. The fraction of sp³-hybridized carbons (Fsp3) is 0.0741. The number of aliphatic hydroxyl groups is 1. The minimum atomic E-state index is -0.872. The second-order valence-corrected chi connectivity index (χ2v) is 8.49. The Labute approximate surface area is 200 Å². The van der Waals surface area contributed by atoms with E-state index in [0.29, 0.717) is 22.6 Å². The van der Waals surface area contributed by atoms with Crippen LogP contribution in [0.15, 0.2) is 95.5 Å². The third-order valence-electron chi connectivity index (χ3n) is 5.81. The Kier molecular flexibility index (Phi) is 5.69. The number of carbonyl (C=O) groups is 2. The molecule has 34 heavy (non-hydrogen) atoms. The standard InChI is InChI=1S/C27H20N2O4S/c1-33-22-7-3-2-6-21(22)24-23(25(30)18-5-4-13-28-15-18)26(31)27(32)29(24)20-10-8-17(9-11-20)19-12-14-34-16-19/h2-16,24,30H,1H3/b25-23-. The Bertz CT molecular complexity index is 1380. The van der Waals surface area contributed by atoms with Crippen molar-refractivity contribution in [3.05, 3.63) is 107 Å². The van der Waals surface area contributed by atoms with Crippen molar-refractivity contribution in [3.8, 4) is 16.9 Å². The largest absolute Gasteiger partial charge is 0.507 e. The van der Waals surface area contributed by atoms with Gasteiger partial charge in [-0.05, 0) is 58.3 Å². The minimum absolute atomic E-state index is 0.00980. The lowest BCUT2D eigenvalue weighted by molar-refractivity contribution is -0.132. The Balaban J connectivity index is 1.69. The van der Waals surface area contributed by atoms with Gasteiger partial charge in [0.25, 0.3) is 11.7 Å². The molecule has 1 N–H and O–H groups in total. The van der Waals surface area contributed by atoms with E-state index in [2.05, 4.69) is 4.98 Å². The lowest BCUT2D eigenvalue weighted by atomic mass is 9.94. The second-order valence-electron chi connectivity index (χ2n) is 7.71. The quantitative estimate of drug-likeness (QED) is 0.240. The van der Waals surface area contributed by atoms with Crippen molar-refractivity contribution in [1.82, 2.24) is 4.98 Å². The first-order valence-corrected chi connectivity index (χ1v) is 11.5. The van der Waals surface area contributed by atoms with Gasteiger partial charge < -0.3 is 9.84 Å². The van der Waals surface area contributed by atoms with Crippen molar-refractivity contribution in [1.29, 1.82) is 0 Å². The van der Waals surface area contributed by atoms with Gasteiger partial charge in [0.15, 0.2) is 0 Å². The summed E-state index contributed by atoms with van der Waals surface area (Å²) in [6.45, 7) is 0. The van der Waals surface area contributed by atoms with Crippen LogP contribution >= 0.6 is 11.3 Å². The molecule has 3 heterocycles. The predicted molar refractivity (Wildman–Crippen MR) is 132 cm³/mol. The molecular weight excluding hydrogens is 448 g/mol. The summed E-state index contributed by atoms with van der Waals surface area (Å²) in [4.78, 5) is 32.0. The number of benzene rings is 2. The average Bonchev–Trinajstić information content (AvgIpc) is 3.51. The fourth-order valence-corrected chi connectivity index (χ4v) is 4.85. The first-order chi connectivity index (χ1) is 16.6. The zero-order valence-corrected chi connectivity index (χ0v) is 19.0. The number of para-hydroxylation sites is 1. The smallest absolute Gasteiger partial charge is 0.300 e. The highest BCUT2D eigenvalue weighted by atomic mass is 32.1. The molecule has 1 aliphatic rings. The van der Waals surface area contributed by atoms with Crippen LogP contribution in [0.2, 0.25) is 0 Å². The summed E-state index contributed by atoms with van der Waals surface area (Å²) in [6, 6.07) is 19.1. The van der Waals surface area contributed by atoms with Crippen LogP contribution in [-0.4, -0.2) is 28.9 Å². The summed E-state index contributed by atoms with van der Waals surface area (Å²) < 4.78 is 5.55. The zero-order valence-electron chi connectivity index (χ0n) is 18.2. The fourth-order valence-electron chi connectivity index (χ4n) is 4.19. The molecule has 0 radical (unpaired) electrons. The number of amides is 1. The van der Waals surface area contributed by atoms with Crippen LogP contribution in [0.1, 0.15) is 17.2 Å². The van der Waals surface area contributed by atoms with Gasteiger partial charge in [0, 0.05) is 29.2 Å². The first kappa shape index (κ1) is 21.6. The third-order valence-corrected chi connectivity index (χ3v) is 6.50. The Hall–Kier alpha value is -4.23. The van der Waals surface area contributed by atoms with E-state index in [0.717, 1.165) is 11.1 Å². The van der Waals surface area contributed by atoms with E-state index in [-0.39, 0.29) is 11.3 Å². The van der Waals surface area contributed by atoms with E-state index in [9.17, 15) is 14.7 Å². The number of hydrogen-bond donors (Lipinski definition) is 1. The third kappa shape index (κ3) is 3.66. The van der Waals surface area contributed by atoms with Crippen molar-refractivity contribution in [2.75, 3.05) is 12.0 Å². The van der Waals surface area contributed by atoms with Gasteiger partial charge >= 0.3 is 0 Å². The van der Waals surface area contributed by atoms with E-state index >= 15 is 0 Å². The number of anilines is 1. The second kappa shape index (κ2) is 8.96. The highest BCUT2D eigenvalue weighted by Gasteiger charge is 2.47. The van der Waals surface area contributed by atoms with Crippen molar-refractivity contribution in [2.24, 2.45) is 0 Å². The van der Waals surface area contributed by atoms with Gasteiger partial charge in [-0.3, -0.25) is 19.5 Å². The summed E-state index contributed by atoms with van der Waals surface area (Å²) in [6.07, 6.45) is 3.03. The molecule has 4 aromatic rings. The summed E-state index contributed by atoms with van der Waals surface area (Å²) >= 11 is 1.61. The van der Waals surface area contributed by atoms with Gasteiger partial charge in [-0.25, -0.2) is 0 Å². The molecule has 0 spiro atoms. The van der Waals surface area contributed by atoms with Crippen molar-refractivity contribution >= 4 is 34.5 Å². The summed E-state index contributed by atoms with van der Waals surface area (Å²) in [5, 5.41) is 15.2. The summed E-state index contributed by atoms with van der Waals surface area (Å²) in [5.74, 6) is -1.25. The number of rotatable bonds is 5. The lowest BCUT2D eigenvalue weighted by Crippen LogP contribution is -2.29. The molecule has 0 saturated carbocycles. The van der Waals surface area contributed by atoms with Crippen LogP contribution < -0.4 is 9.64 Å². The number of carbonyl (C=O) groups excluding carboxylic acids is 2. The molecule has 0 bridgehead atoms. The molecular formula is C27H20N2O4S. The molecule has 168 valence electrons. The maximum Gasteiger partial charge on any atom is 0.300 e. The Morgan fingerprint density at radius 1 is 1.00 bits per heavy atom. The molecule has 6 nitrogen and oxygen atoms in total. The van der Waals surface area contributed by atoms with Crippen molar-refractivity contribution < 1.29 is 19.4 Å². The number of methoxy groups -OCH3 is 1. The van der Waals surface area contributed by atoms with E-state index in [4.69, 9.17) is 4.74 Å². The number of aliphatic hydroxyl groups excluding tert-OH is 1. The molecule has 1 saturated heterocycles. The van der Waals surface area contributed by atoms with E-state index < -0.39 is 17.7 Å². The molecule has 1 atom stereocenters. The van der Waals surface area contributed by atoms with Gasteiger partial charge in [-0.1, -0.05) is 30.3 Å². The number of pyridine rings is 1. The van der Waals surface area contributed by atoms with Crippen LogP contribution in [0.25, 0.3) is 16.9 Å². The van der Waals surface area contributed by atoms with E-state index in [1.807, 2.05) is 53.2 Å². The van der Waals surface area contributed by atoms with Crippen LogP contribution in [0, 0.1) is 0 Å². The molecule has 1 unspecified atom stereocenters. The summed E-state index contributed by atoms with van der Waals surface area (Å²) in [7, 11) is 1.53. The minimum Gasteiger partial charge on any atom is -0.507 e.